The maximum absolute atomic E-state index is 14.0. The Kier molecular flexibility index (Phi) is 4.63. The normalized spacial score (nSPS) is 14.5. The van der Waals surface area contributed by atoms with Crippen molar-refractivity contribution in [1.29, 1.82) is 0 Å². The summed E-state index contributed by atoms with van der Waals surface area (Å²) in [6, 6.07) is 12.3. The Bertz CT molecular complexity index is 1110. The number of para-hydroxylation sites is 1. The van der Waals surface area contributed by atoms with E-state index in [2.05, 4.69) is 4.98 Å². The highest BCUT2D eigenvalue weighted by Gasteiger charge is 2.25. The zero-order chi connectivity index (χ0) is 19.8. The number of hydrogen-bond acceptors (Lipinski definition) is 3. The minimum Gasteiger partial charge on any atom is -0.366 e. The molecule has 4 rings (SSSR count). The number of nitrogens with one attached hydrogen (secondary N) is 1. The number of anilines is 1. The number of carbonyl (C=O) groups is 1. The fourth-order valence-corrected chi connectivity index (χ4v) is 3.87. The van der Waals surface area contributed by atoms with Gasteiger partial charge < -0.3 is 14.8 Å². The molecule has 1 aliphatic heterocycles. The van der Waals surface area contributed by atoms with Gasteiger partial charge >= 0.3 is 0 Å². The van der Waals surface area contributed by atoms with Crippen LogP contribution >= 0.6 is 0 Å². The van der Waals surface area contributed by atoms with Gasteiger partial charge in [-0.3, -0.25) is 9.59 Å². The zero-order valence-electron chi connectivity index (χ0n) is 16.0. The van der Waals surface area contributed by atoms with Crippen LogP contribution in [0.5, 0.6) is 0 Å². The van der Waals surface area contributed by atoms with Crippen molar-refractivity contribution in [2.75, 3.05) is 31.1 Å². The lowest BCUT2D eigenvalue weighted by Crippen LogP contribution is -2.49. The van der Waals surface area contributed by atoms with E-state index in [1.54, 1.807) is 29.2 Å². The maximum atomic E-state index is 14.0. The van der Waals surface area contributed by atoms with E-state index in [0.717, 1.165) is 22.0 Å². The maximum Gasteiger partial charge on any atom is 0.261 e. The topological polar surface area (TPSA) is 56.4 Å². The van der Waals surface area contributed by atoms with Gasteiger partial charge in [0.25, 0.3) is 11.5 Å². The number of pyridine rings is 1. The van der Waals surface area contributed by atoms with Crippen molar-refractivity contribution < 1.29 is 9.18 Å². The largest absolute Gasteiger partial charge is 0.366 e. The molecule has 0 aliphatic carbocycles. The molecule has 5 nitrogen and oxygen atoms in total. The minimum absolute atomic E-state index is 0.150. The molecule has 1 fully saturated rings. The van der Waals surface area contributed by atoms with E-state index in [1.807, 2.05) is 30.9 Å². The van der Waals surface area contributed by atoms with Crippen LogP contribution in [0.4, 0.5) is 10.1 Å². The molecule has 0 radical (unpaired) electrons. The number of H-pyrrole nitrogens is 1. The lowest BCUT2D eigenvalue weighted by atomic mass is 10.0. The Labute approximate surface area is 162 Å². The van der Waals surface area contributed by atoms with Crippen LogP contribution in [0, 0.1) is 19.7 Å². The molecular weight excluding hydrogens is 357 g/mol. The van der Waals surface area contributed by atoms with E-state index >= 15 is 0 Å². The van der Waals surface area contributed by atoms with E-state index in [4.69, 9.17) is 0 Å². The summed E-state index contributed by atoms with van der Waals surface area (Å²) in [4.78, 5) is 31.9. The van der Waals surface area contributed by atoms with E-state index in [9.17, 15) is 14.0 Å². The summed E-state index contributed by atoms with van der Waals surface area (Å²) in [5.41, 5.74) is 3.14. The monoisotopic (exact) mass is 379 g/mol. The van der Waals surface area contributed by atoms with E-state index < -0.39 is 0 Å². The molecule has 6 heteroatoms. The number of hydrogen-bond donors (Lipinski definition) is 1. The molecule has 1 aliphatic rings. The van der Waals surface area contributed by atoms with Crippen molar-refractivity contribution in [3.8, 4) is 0 Å². The van der Waals surface area contributed by atoms with Crippen LogP contribution in [0.3, 0.4) is 0 Å². The van der Waals surface area contributed by atoms with Crippen molar-refractivity contribution in [2.45, 2.75) is 13.8 Å². The summed E-state index contributed by atoms with van der Waals surface area (Å²) in [7, 11) is 0. The van der Waals surface area contributed by atoms with Crippen LogP contribution in [-0.4, -0.2) is 42.0 Å². The van der Waals surface area contributed by atoms with Crippen molar-refractivity contribution in [3.63, 3.8) is 0 Å². The molecule has 0 spiro atoms. The van der Waals surface area contributed by atoms with Crippen molar-refractivity contribution in [3.05, 3.63) is 75.3 Å². The van der Waals surface area contributed by atoms with Gasteiger partial charge in [0, 0.05) is 26.2 Å². The number of benzene rings is 2. The van der Waals surface area contributed by atoms with Gasteiger partial charge in [0.05, 0.1) is 11.2 Å². The number of piperazine rings is 1. The number of aromatic nitrogens is 1. The van der Waals surface area contributed by atoms with Gasteiger partial charge in [0.2, 0.25) is 0 Å². The number of aryl methyl sites for hydroxylation is 2. The van der Waals surface area contributed by atoms with Crippen molar-refractivity contribution in [1.82, 2.24) is 9.88 Å². The Morgan fingerprint density at radius 3 is 2.46 bits per heavy atom. The summed E-state index contributed by atoms with van der Waals surface area (Å²) >= 11 is 0. The Morgan fingerprint density at radius 2 is 1.75 bits per heavy atom. The third kappa shape index (κ3) is 3.26. The third-order valence-corrected chi connectivity index (χ3v) is 5.28. The SMILES string of the molecule is Cc1cc(C)c2[nH]c(=O)c(C(=O)N3CCN(c4ccccc4F)CC3)cc2c1. The molecule has 28 heavy (non-hydrogen) atoms. The molecule has 0 saturated carbocycles. The minimum atomic E-state index is -0.374. The Morgan fingerprint density at radius 1 is 1.04 bits per heavy atom. The fraction of sp³-hybridized carbons (Fsp3) is 0.273. The summed E-state index contributed by atoms with van der Waals surface area (Å²) in [6.07, 6.45) is 0. The molecule has 0 bridgehead atoms. The molecule has 1 saturated heterocycles. The number of halogens is 1. The average Bonchev–Trinajstić information content (AvgIpc) is 2.68. The summed E-state index contributed by atoms with van der Waals surface area (Å²) in [6.45, 7) is 5.86. The molecule has 144 valence electrons. The Hall–Kier alpha value is -3.15. The summed E-state index contributed by atoms with van der Waals surface area (Å²) in [5.74, 6) is -0.547. The standard InChI is InChI=1S/C22H22FN3O2/c1-14-11-15(2)20-16(12-14)13-17(21(27)24-20)22(28)26-9-7-25(8-10-26)19-6-4-3-5-18(19)23/h3-6,11-13H,7-10H2,1-2H3,(H,24,27). The van der Waals surface area contributed by atoms with Gasteiger partial charge in [0.1, 0.15) is 11.4 Å². The average molecular weight is 379 g/mol. The van der Waals surface area contributed by atoms with Gasteiger partial charge in [-0.25, -0.2) is 4.39 Å². The number of rotatable bonds is 2. The number of carbonyl (C=O) groups excluding carboxylic acids is 1. The van der Waals surface area contributed by atoms with E-state index in [1.165, 1.54) is 6.07 Å². The number of amides is 1. The number of fused-ring (bicyclic) bond motifs is 1. The third-order valence-electron chi connectivity index (χ3n) is 5.28. The summed E-state index contributed by atoms with van der Waals surface area (Å²) in [5, 5.41) is 0.852. The van der Waals surface area contributed by atoms with Crippen LogP contribution in [0.1, 0.15) is 21.5 Å². The first kappa shape index (κ1) is 18.2. The lowest BCUT2D eigenvalue weighted by Gasteiger charge is -2.36. The second-order valence-corrected chi connectivity index (χ2v) is 7.29. The smallest absolute Gasteiger partial charge is 0.261 e. The highest BCUT2D eigenvalue weighted by atomic mass is 19.1. The first-order valence-corrected chi connectivity index (χ1v) is 9.37. The lowest BCUT2D eigenvalue weighted by molar-refractivity contribution is 0.0745. The number of nitrogens with zero attached hydrogens (tertiary/aromatic N) is 2. The Balaban J connectivity index is 1.57. The first-order valence-electron chi connectivity index (χ1n) is 9.37. The van der Waals surface area contributed by atoms with Gasteiger partial charge in [0.15, 0.2) is 0 Å². The fourth-order valence-electron chi connectivity index (χ4n) is 3.87. The quantitative estimate of drug-likeness (QED) is 0.744. The van der Waals surface area contributed by atoms with Crippen LogP contribution in [-0.2, 0) is 0 Å². The van der Waals surface area contributed by atoms with Crippen LogP contribution in [0.25, 0.3) is 10.9 Å². The molecule has 2 heterocycles. The molecule has 1 aromatic heterocycles. The van der Waals surface area contributed by atoms with Crippen LogP contribution in [0.15, 0.2) is 47.3 Å². The molecular formula is C22H22FN3O2. The first-order chi connectivity index (χ1) is 13.4. The highest BCUT2D eigenvalue weighted by molar-refractivity contribution is 5.97. The summed E-state index contributed by atoms with van der Waals surface area (Å²) < 4.78 is 14.0. The van der Waals surface area contributed by atoms with Crippen LogP contribution in [0.2, 0.25) is 0 Å². The van der Waals surface area contributed by atoms with E-state index in [0.29, 0.717) is 31.9 Å². The zero-order valence-corrected chi connectivity index (χ0v) is 16.0. The predicted octanol–water partition coefficient (Wildman–Crippen LogP) is 3.25. The van der Waals surface area contributed by atoms with Gasteiger partial charge in [-0.05, 0) is 49.1 Å². The second-order valence-electron chi connectivity index (χ2n) is 7.29. The van der Waals surface area contributed by atoms with Crippen molar-refractivity contribution >= 4 is 22.5 Å². The highest BCUT2D eigenvalue weighted by Crippen LogP contribution is 2.22. The van der Waals surface area contributed by atoms with Gasteiger partial charge in [-0.1, -0.05) is 23.8 Å². The molecule has 0 atom stereocenters. The molecule has 3 aromatic rings. The second kappa shape index (κ2) is 7.11. The molecule has 0 unspecified atom stereocenters. The van der Waals surface area contributed by atoms with Gasteiger partial charge in [-0.2, -0.15) is 0 Å². The molecule has 1 N–H and O–H groups in total. The predicted molar refractivity (Wildman–Crippen MR) is 109 cm³/mol. The molecule has 2 aromatic carbocycles. The van der Waals surface area contributed by atoms with Gasteiger partial charge in [-0.15, -0.1) is 0 Å². The molecule has 1 amide bonds. The van der Waals surface area contributed by atoms with E-state index in [-0.39, 0.29) is 22.8 Å². The van der Waals surface area contributed by atoms with Crippen LogP contribution < -0.4 is 10.5 Å². The van der Waals surface area contributed by atoms with Crippen molar-refractivity contribution in [2.24, 2.45) is 0 Å². The number of aromatic amines is 1.